The number of rotatable bonds is 1. The Kier molecular flexibility index (Phi) is 3.41. The van der Waals surface area contributed by atoms with Crippen LogP contribution in [-0.2, 0) is 6.42 Å². The van der Waals surface area contributed by atoms with Crippen LogP contribution >= 0.6 is 0 Å². The predicted molar refractivity (Wildman–Crippen MR) is 90.0 cm³/mol. The molecule has 1 saturated heterocycles. The van der Waals surface area contributed by atoms with Gasteiger partial charge in [-0.3, -0.25) is 0 Å². The van der Waals surface area contributed by atoms with Crippen LogP contribution in [0.2, 0.25) is 0 Å². The number of fused-ring (bicyclic) bond motifs is 1. The summed E-state index contributed by atoms with van der Waals surface area (Å²) in [4.78, 5) is 2.40. The Morgan fingerprint density at radius 1 is 1.27 bits per heavy atom. The smallest absolute Gasteiger partial charge is 0.124 e. The maximum atomic E-state index is 6.45. The fraction of sp³-hybridized carbons (Fsp3) is 0.579. The number of ether oxygens (including phenoxy) is 1. The fourth-order valence-electron chi connectivity index (χ4n) is 3.86. The van der Waals surface area contributed by atoms with Crippen LogP contribution in [0.4, 0.5) is 0 Å². The highest BCUT2D eigenvalue weighted by molar-refractivity contribution is 5.67. The first kappa shape index (κ1) is 14.1. The molecule has 1 aromatic carbocycles. The van der Waals surface area contributed by atoms with Gasteiger partial charge in [-0.2, -0.15) is 0 Å². The second kappa shape index (κ2) is 5.31. The van der Waals surface area contributed by atoms with E-state index in [0.717, 1.165) is 57.0 Å². The molecule has 0 radical (unpaired) electrons. The lowest BCUT2D eigenvalue weighted by Crippen LogP contribution is -2.45. The van der Waals surface area contributed by atoms with Gasteiger partial charge in [-0.15, -0.1) is 0 Å². The van der Waals surface area contributed by atoms with Gasteiger partial charge in [0.1, 0.15) is 11.4 Å². The third kappa shape index (κ3) is 2.52. The number of piperidine rings is 1. The third-order valence-corrected chi connectivity index (χ3v) is 5.48. The summed E-state index contributed by atoms with van der Waals surface area (Å²) in [6.45, 7) is 5.65. The van der Waals surface area contributed by atoms with Gasteiger partial charge in [-0.1, -0.05) is 25.1 Å². The molecule has 1 unspecified atom stereocenters. The van der Waals surface area contributed by atoms with E-state index in [1.54, 1.807) is 0 Å². The van der Waals surface area contributed by atoms with Crippen molar-refractivity contribution in [2.45, 2.75) is 38.2 Å². The van der Waals surface area contributed by atoms with Crippen molar-refractivity contribution in [2.75, 3.05) is 26.7 Å². The first-order valence-corrected chi connectivity index (χ1v) is 8.58. The zero-order valence-corrected chi connectivity index (χ0v) is 13.7. The van der Waals surface area contributed by atoms with Crippen molar-refractivity contribution in [1.29, 1.82) is 0 Å². The van der Waals surface area contributed by atoms with E-state index in [-0.39, 0.29) is 5.60 Å². The Morgan fingerprint density at radius 2 is 2.09 bits per heavy atom. The van der Waals surface area contributed by atoms with Crippen molar-refractivity contribution in [2.24, 2.45) is 5.92 Å². The quantitative estimate of drug-likeness (QED) is 0.862. The first-order chi connectivity index (χ1) is 10.6. The molecule has 3 aliphatic heterocycles. The van der Waals surface area contributed by atoms with Crippen LogP contribution in [0.1, 0.15) is 37.3 Å². The Balaban J connectivity index is 1.55. The summed E-state index contributed by atoms with van der Waals surface area (Å²) < 4.78 is 6.45. The van der Waals surface area contributed by atoms with Gasteiger partial charge in [-0.05, 0) is 31.0 Å². The van der Waals surface area contributed by atoms with E-state index < -0.39 is 0 Å². The molecule has 1 N–H and O–H groups in total. The molecule has 0 saturated carbocycles. The van der Waals surface area contributed by atoms with Gasteiger partial charge in [0.15, 0.2) is 0 Å². The largest absolute Gasteiger partial charge is 0.487 e. The van der Waals surface area contributed by atoms with E-state index in [1.807, 2.05) is 0 Å². The zero-order chi connectivity index (χ0) is 15.2. The second-order valence-corrected chi connectivity index (χ2v) is 7.43. The van der Waals surface area contributed by atoms with Gasteiger partial charge in [0, 0.05) is 50.2 Å². The van der Waals surface area contributed by atoms with Crippen molar-refractivity contribution in [3.8, 4) is 5.75 Å². The highest BCUT2D eigenvalue weighted by Crippen LogP contribution is 2.42. The highest BCUT2D eigenvalue weighted by atomic mass is 16.5. The minimum Gasteiger partial charge on any atom is -0.487 e. The van der Waals surface area contributed by atoms with Crippen LogP contribution < -0.4 is 10.1 Å². The number of nitrogens with zero attached hydrogens (tertiary/aromatic N) is 1. The Hall–Kier alpha value is -1.48. The average molecular weight is 298 g/mol. The van der Waals surface area contributed by atoms with Gasteiger partial charge in [0.2, 0.25) is 0 Å². The second-order valence-electron chi connectivity index (χ2n) is 7.43. The highest BCUT2D eigenvalue weighted by Gasteiger charge is 2.41. The maximum Gasteiger partial charge on any atom is 0.124 e. The molecule has 22 heavy (non-hydrogen) atoms. The van der Waals surface area contributed by atoms with Gasteiger partial charge >= 0.3 is 0 Å². The summed E-state index contributed by atoms with van der Waals surface area (Å²) in [6, 6.07) is 6.78. The summed E-state index contributed by atoms with van der Waals surface area (Å²) in [5.41, 5.74) is 4.00. The molecule has 1 spiro atoms. The molecular weight excluding hydrogens is 272 g/mol. The van der Waals surface area contributed by atoms with Crippen molar-refractivity contribution in [1.82, 2.24) is 10.2 Å². The molecule has 3 heteroatoms. The molecule has 1 atom stereocenters. The standard InChI is InChI=1S/C19H26N2O/c1-14-3-6-17(20-13-14)15-4-5-16-12-19(22-18(16)11-15)7-9-21(2)10-8-19/h4-6,11,14,20H,3,7-10,12-13H2,1-2H3. The number of hydrogen-bond donors (Lipinski definition) is 1. The number of nitrogens with one attached hydrogen (secondary N) is 1. The molecule has 3 nitrogen and oxygen atoms in total. The number of hydrogen-bond acceptors (Lipinski definition) is 3. The minimum atomic E-state index is 0.0658. The van der Waals surface area contributed by atoms with Crippen LogP contribution in [0.5, 0.6) is 5.75 Å². The Bertz CT molecular complexity index is 599. The summed E-state index contributed by atoms with van der Waals surface area (Å²) >= 11 is 0. The van der Waals surface area contributed by atoms with Crippen molar-refractivity contribution in [3.05, 3.63) is 35.4 Å². The van der Waals surface area contributed by atoms with Gasteiger partial charge < -0.3 is 15.0 Å². The zero-order valence-electron chi connectivity index (χ0n) is 13.7. The van der Waals surface area contributed by atoms with Crippen LogP contribution in [0.25, 0.3) is 5.70 Å². The summed E-state index contributed by atoms with van der Waals surface area (Å²) in [5, 5.41) is 3.55. The molecule has 1 fully saturated rings. The molecule has 0 bridgehead atoms. The molecule has 118 valence electrons. The maximum absolute atomic E-state index is 6.45. The van der Waals surface area contributed by atoms with Crippen molar-refractivity contribution < 1.29 is 4.74 Å². The van der Waals surface area contributed by atoms with Crippen molar-refractivity contribution in [3.63, 3.8) is 0 Å². The van der Waals surface area contributed by atoms with E-state index in [0.29, 0.717) is 0 Å². The van der Waals surface area contributed by atoms with Crippen LogP contribution in [0, 0.1) is 5.92 Å². The summed E-state index contributed by atoms with van der Waals surface area (Å²) in [5.74, 6) is 1.85. The summed E-state index contributed by atoms with van der Waals surface area (Å²) in [7, 11) is 2.20. The van der Waals surface area contributed by atoms with Crippen LogP contribution in [0.15, 0.2) is 24.3 Å². The molecule has 1 aromatic rings. The van der Waals surface area contributed by atoms with Crippen LogP contribution in [0.3, 0.4) is 0 Å². The van der Waals surface area contributed by atoms with Gasteiger partial charge in [-0.25, -0.2) is 0 Å². The first-order valence-electron chi connectivity index (χ1n) is 8.58. The van der Waals surface area contributed by atoms with E-state index in [1.165, 1.54) is 16.8 Å². The molecule has 0 aromatic heterocycles. The fourth-order valence-corrected chi connectivity index (χ4v) is 3.86. The van der Waals surface area contributed by atoms with E-state index >= 15 is 0 Å². The topological polar surface area (TPSA) is 24.5 Å². The molecule has 4 rings (SSSR count). The van der Waals surface area contributed by atoms with E-state index in [4.69, 9.17) is 4.74 Å². The molecule has 3 heterocycles. The Labute approximate surface area is 133 Å². The minimum absolute atomic E-state index is 0.0658. The Morgan fingerprint density at radius 3 is 2.82 bits per heavy atom. The molecule has 0 aliphatic carbocycles. The lowest BCUT2D eigenvalue weighted by Gasteiger charge is -2.37. The lowest BCUT2D eigenvalue weighted by molar-refractivity contribution is 0.0271. The average Bonchev–Trinajstić information content (AvgIpc) is 2.88. The number of likely N-dealkylation sites (tertiary alicyclic amines) is 1. The lowest BCUT2D eigenvalue weighted by atomic mass is 9.87. The molecular formula is C19H26N2O. The van der Waals surface area contributed by atoms with Crippen LogP contribution in [-0.4, -0.2) is 37.2 Å². The predicted octanol–water partition coefficient (Wildman–Crippen LogP) is 3.06. The van der Waals surface area contributed by atoms with Gasteiger partial charge in [0.25, 0.3) is 0 Å². The normalized spacial score (nSPS) is 27.0. The monoisotopic (exact) mass is 298 g/mol. The van der Waals surface area contributed by atoms with Gasteiger partial charge in [0.05, 0.1) is 0 Å². The number of benzene rings is 1. The molecule has 3 aliphatic rings. The third-order valence-electron chi connectivity index (χ3n) is 5.48. The SMILES string of the molecule is CC1CC=C(c2ccc3c(c2)OC2(CCN(C)CC2)C3)NC1. The van der Waals surface area contributed by atoms with E-state index in [9.17, 15) is 0 Å². The van der Waals surface area contributed by atoms with Crippen molar-refractivity contribution >= 4 is 5.70 Å². The molecule has 0 amide bonds. The summed E-state index contributed by atoms with van der Waals surface area (Å²) in [6.07, 6.45) is 6.87. The van der Waals surface area contributed by atoms with E-state index in [2.05, 4.69) is 48.5 Å². The number of allylic oxidation sites excluding steroid dienone is 1.